The van der Waals surface area contributed by atoms with Gasteiger partial charge in [-0.2, -0.15) is 0 Å². The van der Waals surface area contributed by atoms with Crippen LogP contribution in [-0.2, 0) is 39.6 Å². The zero-order chi connectivity index (χ0) is 13.2. The fourth-order valence-corrected chi connectivity index (χ4v) is 3.45. The Morgan fingerprint density at radius 3 is 2.52 bits per heavy atom. The van der Waals surface area contributed by atoms with Gasteiger partial charge in [-0.15, -0.1) is 23.1 Å². The molecule has 0 saturated carbocycles. The number of fused-ring (bicyclic) bond motifs is 1. The molecule has 0 aliphatic carbocycles. The van der Waals surface area contributed by atoms with Gasteiger partial charge in [0.1, 0.15) is 0 Å². The number of hydrogen-bond acceptors (Lipinski definition) is 5. The summed E-state index contributed by atoms with van der Waals surface area (Å²) in [6.45, 7) is 0. The van der Waals surface area contributed by atoms with Crippen LogP contribution in [-0.4, -0.2) is 9.91 Å². The number of non-ortho nitro benzene ring substituents is 1. The second-order valence-electron chi connectivity index (χ2n) is 3.64. The van der Waals surface area contributed by atoms with E-state index in [0.29, 0.717) is 4.90 Å². The molecule has 3 rings (SSSR count). The Bertz CT molecular complexity index is 716. The number of aromatic nitrogens is 1. The molecule has 2 aromatic carbocycles. The van der Waals surface area contributed by atoms with E-state index in [0.717, 1.165) is 14.6 Å². The van der Waals surface area contributed by atoms with Crippen molar-refractivity contribution in [3.63, 3.8) is 0 Å². The Morgan fingerprint density at radius 1 is 1.24 bits per heavy atom. The number of para-hydroxylation sites is 1. The number of nitro benzene ring substituents is 1. The van der Waals surface area contributed by atoms with Gasteiger partial charge in [-0.05, 0) is 12.1 Å². The van der Waals surface area contributed by atoms with Crippen LogP contribution < -0.4 is 0 Å². The summed E-state index contributed by atoms with van der Waals surface area (Å²) < 4.78 is 1.99. The summed E-state index contributed by atoms with van der Waals surface area (Å²) in [5.74, 6) is 0. The molecule has 3 aromatic rings. The number of nitrogens with zero attached hydrogens (tertiary/aromatic N) is 2. The van der Waals surface area contributed by atoms with Crippen molar-refractivity contribution >= 4 is 39.0 Å². The minimum Gasteiger partial charge on any atom is -0.339 e. The van der Waals surface area contributed by atoms with Crippen LogP contribution >= 0.6 is 23.1 Å². The van der Waals surface area contributed by atoms with E-state index in [9.17, 15) is 10.1 Å². The first-order valence-corrected chi connectivity index (χ1v) is 6.97. The van der Waals surface area contributed by atoms with E-state index in [2.05, 4.69) is 17.1 Å². The molecule has 0 aliphatic heterocycles. The molecule has 8 heteroatoms. The van der Waals surface area contributed by atoms with Gasteiger partial charge in [0.2, 0.25) is 0 Å². The van der Waals surface area contributed by atoms with Gasteiger partial charge in [-0.25, -0.2) is 22.0 Å². The maximum atomic E-state index is 10.5. The van der Waals surface area contributed by atoms with Crippen LogP contribution in [0.1, 0.15) is 0 Å². The summed E-state index contributed by atoms with van der Waals surface area (Å²) in [6, 6.07) is 16.3. The minimum absolute atomic E-state index is 0. The van der Waals surface area contributed by atoms with Crippen molar-refractivity contribution in [1.29, 1.82) is 0 Å². The van der Waals surface area contributed by atoms with Gasteiger partial charge in [-0.3, -0.25) is 10.1 Å². The van der Waals surface area contributed by atoms with Crippen molar-refractivity contribution < 1.29 is 44.5 Å². The Balaban J connectivity index is 0.00000110. The van der Waals surface area contributed by atoms with Crippen LogP contribution in [0.2, 0.25) is 0 Å². The standard InChI is InChI=1S/C13H6N2O2S2.V.W/c16-15(17)9-5-7-10(8-6-9)18-13-14-11-3-1-2-4-12(11)19-13;;/h1-6H;;/q-2;;. The molecule has 21 heavy (non-hydrogen) atoms. The third-order valence-electron chi connectivity index (χ3n) is 2.38. The average molecular weight is 521 g/mol. The van der Waals surface area contributed by atoms with Crippen LogP contribution in [0.3, 0.4) is 0 Å². The van der Waals surface area contributed by atoms with E-state index < -0.39 is 4.92 Å². The van der Waals surface area contributed by atoms with Gasteiger partial charge in [-0.1, -0.05) is 17.1 Å². The van der Waals surface area contributed by atoms with Crippen LogP contribution in [0, 0.1) is 22.2 Å². The molecule has 0 N–H and O–H groups in total. The molecule has 1 heterocycles. The van der Waals surface area contributed by atoms with Crippen molar-refractivity contribution in [2.45, 2.75) is 9.24 Å². The molecule has 0 atom stereocenters. The molecule has 0 amide bonds. The molecule has 1 radical (unpaired) electrons. The number of thiazole rings is 1. The molecule has 0 bridgehead atoms. The molecule has 0 fully saturated rings. The summed E-state index contributed by atoms with van der Waals surface area (Å²) in [5.41, 5.74) is 0.950. The molecule has 0 unspecified atom stereocenters. The zero-order valence-electron chi connectivity index (χ0n) is 10.3. The van der Waals surface area contributed by atoms with Gasteiger partial charge in [0, 0.05) is 45.3 Å². The average Bonchev–Trinajstić information content (AvgIpc) is 2.81. The van der Waals surface area contributed by atoms with Crippen molar-refractivity contribution in [1.82, 2.24) is 4.98 Å². The smallest absolute Gasteiger partial charge is 0.152 e. The fraction of sp³-hybridized carbons (Fsp3) is 0. The summed E-state index contributed by atoms with van der Waals surface area (Å²) >= 11 is 2.99. The summed E-state index contributed by atoms with van der Waals surface area (Å²) in [4.78, 5) is 15.2. The Kier molecular flexibility index (Phi) is 7.11. The Morgan fingerprint density at radius 2 is 1.90 bits per heavy atom. The normalized spacial score (nSPS) is 9.71. The Hall–Kier alpha value is -0.647. The number of hydrogen-bond donors (Lipinski definition) is 0. The van der Waals surface area contributed by atoms with E-state index in [-0.39, 0.29) is 45.3 Å². The van der Waals surface area contributed by atoms with E-state index in [1.807, 2.05) is 24.3 Å². The summed E-state index contributed by atoms with van der Waals surface area (Å²) in [7, 11) is 0. The molecule has 0 aliphatic rings. The molecular formula is C13H6N2O2S2VW-2. The summed E-state index contributed by atoms with van der Waals surface area (Å²) in [5, 5.41) is 10.5. The van der Waals surface area contributed by atoms with E-state index in [4.69, 9.17) is 0 Å². The van der Waals surface area contributed by atoms with Gasteiger partial charge >= 0.3 is 0 Å². The number of rotatable bonds is 3. The third-order valence-corrected chi connectivity index (χ3v) is 4.41. The third kappa shape index (κ3) is 4.41. The van der Waals surface area contributed by atoms with Gasteiger partial charge in [0.15, 0.2) is 4.34 Å². The largest absolute Gasteiger partial charge is 0.339 e. The first-order chi connectivity index (χ1) is 9.22. The predicted octanol–water partition coefficient (Wildman–Crippen LogP) is 3.95. The molecule has 4 nitrogen and oxygen atoms in total. The summed E-state index contributed by atoms with van der Waals surface area (Å²) in [6.07, 6.45) is 0. The fourth-order valence-electron chi connectivity index (χ4n) is 1.51. The van der Waals surface area contributed by atoms with Crippen molar-refractivity contribution in [2.24, 2.45) is 0 Å². The second kappa shape index (κ2) is 8.11. The van der Waals surface area contributed by atoms with E-state index >= 15 is 0 Å². The van der Waals surface area contributed by atoms with Gasteiger partial charge in [0.05, 0.1) is 10.2 Å². The van der Waals surface area contributed by atoms with Crippen LogP contribution in [0.4, 0.5) is 5.69 Å². The second-order valence-corrected chi connectivity index (χ2v) is 5.93. The topological polar surface area (TPSA) is 56.0 Å². The monoisotopic (exact) mass is 521 g/mol. The van der Waals surface area contributed by atoms with Crippen molar-refractivity contribution in [3.8, 4) is 0 Å². The number of benzene rings is 2. The quantitative estimate of drug-likeness (QED) is 0.298. The molecular weight excluding hydrogens is 515 g/mol. The predicted molar refractivity (Wildman–Crippen MR) is 74.5 cm³/mol. The van der Waals surface area contributed by atoms with E-state index in [1.54, 1.807) is 11.3 Å². The van der Waals surface area contributed by atoms with Crippen LogP contribution in [0.15, 0.2) is 45.6 Å². The maximum absolute atomic E-state index is 10.5. The molecule has 0 spiro atoms. The zero-order valence-corrected chi connectivity index (χ0v) is 16.3. The Labute approximate surface area is 155 Å². The minimum atomic E-state index is -0.459. The van der Waals surface area contributed by atoms with Gasteiger partial charge in [0.25, 0.3) is 0 Å². The first kappa shape index (κ1) is 18.4. The van der Waals surface area contributed by atoms with Crippen LogP contribution in [0.25, 0.3) is 10.2 Å². The van der Waals surface area contributed by atoms with Crippen molar-refractivity contribution in [3.05, 3.63) is 58.6 Å². The first-order valence-electron chi connectivity index (χ1n) is 5.33. The van der Waals surface area contributed by atoms with Crippen molar-refractivity contribution in [2.75, 3.05) is 0 Å². The van der Waals surface area contributed by atoms with Crippen LogP contribution in [0.5, 0.6) is 0 Å². The SMILES string of the molecule is O=[N+]([O-])c1c[c-]c(Sc2nc3ccccc3s2)[c-]c1.[V].[W]. The maximum Gasteiger partial charge on any atom is 0.152 e. The molecule has 1 aromatic heterocycles. The molecule has 105 valence electrons. The van der Waals surface area contributed by atoms with E-state index in [1.165, 1.54) is 23.9 Å². The van der Waals surface area contributed by atoms with Gasteiger partial charge < -0.3 is 12.1 Å². The molecule has 0 saturated heterocycles. The number of nitro groups is 1.